The number of isocyanates is 1. The molecular formula is C15H16ClNO3. The molecule has 0 N–H and O–H groups in total. The minimum Gasteiger partial charge on any atom is -0.491 e. The van der Waals surface area contributed by atoms with Gasteiger partial charge in [0.1, 0.15) is 5.75 Å². The number of halogens is 1. The van der Waals surface area contributed by atoms with Crippen LogP contribution in [0.2, 0.25) is 5.02 Å². The number of carbonyl (C=O) groups excluding carboxylic acids is 1. The Labute approximate surface area is 122 Å². The fourth-order valence-corrected chi connectivity index (χ4v) is 2.60. The fourth-order valence-electron chi connectivity index (χ4n) is 2.36. The highest BCUT2D eigenvalue weighted by Gasteiger charge is 2.45. The normalized spacial score (nSPS) is 21.5. The van der Waals surface area contributed by atoms with Gasteiger partial charge < -0.3 is 9.47 Å². The standard InChI is InChI=1S/C15H16ClNO3/c1-14(7-19-8-14)9-20-13-3-2-11(6-12(13)16)15(4-5-15)17-10-18/h2-3,6H,4-5,7-9H2,1H3. The Balaban J connectivity index is 1.73. The molecule has 1 aromatic carbocycles. The molecule has 20 heavy (non-hydrogen) atoms. The molecule has 4 nitrogen and oxygen atoms in total. The van der Waals surface area contributed by atoms with Crippen molar-refractivity contribution in [3.8, 4) is 5.75 Å². The minimum absolute atomic E-state index is 0.0848. The van der Waals surface area contributed by atoms with Crippen molar-refractivity contribution in [2.24, 2.45) is 10.4 Å². The van der Waals surface area contributed by atoms with Gasteiger partial charge in [-0.25, -0.2) is 4.79 Å². The first-order chi connectivity index (χ1) is 9.57. The van der Waals surface area contributed by atoms with Gasteiger partial charge in [-0.3, -0.25) is 0 Å². The van der Waals surface area contributed by atoms with Gasteiger partial charge in [-0.1, -0.05) is 24.6 Å². The fraction of sp³-hybridized carbons (Fsp3) is 0.533. The predicted octanol–water partition coefficient (Wildman–Crippen LogP) is 3.08. The topological polar surface area (TPSA) is 47.9 Å². The van der Waals surface area contributed by atoms with E-state index in [4.69, 9.17) is 21.1 Å². The Morgan fingerprint density at radius 3 is 2.70 bits per heavy atom. The third-order valence-corrected chi connectivity index (χ3v) is 4.23. The molecule has 1 aliphatic heterocycles. The van der Waals surface area contributed by atoms with E-state index < -0.39 is 5.54 Å². The van der Waals surface area contributed by atoms with Gasteiger partial charge in [0, 0.05) is 5.41 Å². The Bertz CT molecular complexity index is 572. The van der Waals surface area contributed by atoms with Crippen LogP contribution in [0.5, 0.6) is 5.75 Å². The quantitative estimate of drug-likeness (QED) is 0.619. The molecule has 5 heteroatoms. The van der Waals surface area contributed by atoms with Gasteiger partial charge in [0.25, 0.3) is 0 Å². The molecule has 0 unspecified atom stereocenters. The van der Waals surface area contributed by atoms with E-state index in [1.54, 1.807) is 6.08 Å². The first-order valence-electron chi connectivity index (χ1n) is 6.67. The van der Waals surface area contributed by atoms with E-state index in [0.29, 0.717) is 17.4 Å². The monoisotopic (exact) mass is 293 g/mol. The molecule has 0 radical (unpaired) electrons. The third kappa shape index (κ3) is 2.47. The summed E-state index contributed by atoms with van der Waals surface area (Å²) in [7, 11) is 0. The lowest BCUT2D eigenvalue weighted by molar-refractivity contribution is -0.120. The SMILES string of the molecule is CC1(COc2ccc(C3(N=C=O)CC3)cc2Cl)COC1. The molecule has 0 spiro atoms. The maximum atomic E-state index is 10.5. The molecule has 1 saturated heterocycles. The van der Waals surface area contributed by atoms with Crippen LogP contribution in [-0.4, -0.2) is 25.9 Å². The summed E-state index contributed by atoms with van der Waals surface area (Å²) in [5, 5.41) is 0.554. The summed E-state index contributed by atoms with van der Waals surface area (Å²) in [4.78, 5) is 14.4. The van der Waals surface area contributed by atoms with Crippen molar-refractivity contribution in [2.45, 2.75) is 25.3 Å². The molecule has 0 amide bonds. The molecule has 1 aromatic rings. The number of hydrogen-bond donors (Lipinski definition) is 0. The van der Waals surface area contributed by atoms with Crippen LogP contribution in [-0.2, 0) is 15.1 Å². The van der Waals surface area contributed by atoms with Crippen LogP contribution in [0.1, 0.15) is 25.3 Å². The second-order valence-electron chi connectivity index (χ2n) is 5.97. The Morgan fingerprint density at radius 1 is 1.45 bits per heavy atom. The highest BCUT2D eigenvalue weighted by molar-refractivity contribution is 6.32. The first kappa shape index (κ1) is 13.6. The predicted molar refractivity (Wildman–Crippen MR) is 74.9 cm³/mol. The Morgan fingerprint density at radius 2 is 2.20 bits per heavy atom. The van der Waals surface area contributed by atoms with E-state index in [0.717, 1.165) is 31.6 Å². The number of hydrogen-bond acceptors (Lipinski definition) is 4. The van der Waals surface area contributed by atoms with Gasteiger partial charge in [-0.15, -0.1) is 0 Å². The molecule has 2 aliphatic rings. The minimum atomic E-state index is -0.391. The van der Waals surface area contributed by atoms with Gasteiger partial charge >= 0.3 is 0 Å². The van der Waals surface area contributed by atoms with Crippen molar-refractivity contribution in [3.05, 3.63) is 28.8 Å². The van der Waals surface area contributed by atoms with Crippen LogP contribution >= 0.6 is 11.6 Å². The second kappa shape index (κ2) is 4.88. The van der Waals surface area contributed by atoms with E-state index >= 15 is 0 Å². The number of ether oxygens (including phenoxy) is 2. The van der Waals surface area contributed by atoms with Crippen molar-refractivity contribution in [2.75, 3.05) is 19.8 Å². The first-order valence-corrected chi connectivity index (χ1v) is 7.04. The smallest absolute Gasteiger partial charge is 0.235 e. The zero-order chi connectivity index (χ0) is 14.2. The average Bonchev–Trinajstić information content (AvgIpc) is 3.16. The summed E-state index contributed by atoms with van der Waals surface area (Å²) in [6, 6.07) is 5.61. The lowest BCUT2D eigenvalue weighted by Crippen LogP contribution is -2.44. The highest BCUT2D eigenvalue weighted by Crippen LogP contribution is 2.50. The number of rotatable bonds is 5. The molecule has 0 aromatic heterocycles. The van der Waals surface area contributed by atoms with Crippen LogP contribution in [0.15, 0.2) is 23.2 Å². The Kier molecular flexibility index (Phi) is 3.33. The van der Waals surface area contributed by atoms with E-state index in [9.17, 15) is 4.79 Å². The second-order valence-corrected chi connectivity index (χ2v) is 6.38. The molecule has 106 valence electrons. The molecule has 2 fully saturated rings. The maximum Gasteiger partial charge on any atom is 0.235 e. The zero-order valence-corrected chi connectivity index (χ0v) is 12.1. The molecule has 1 heterocycles. The van der Waals surface area contributed by atoms with E-state index in [1.165, 1.54) is 0 Å². The Hall–Kier alpha value is -1.35. The van der Waals surface area contributed by atoms with Gasteiger partial charge in [-0.2, -0.15) is 4.99 Å². The van der Waals surface area contributed by atoms with Crippen LogP contribution in [0.4, 0.5) is 0 Å². The van der Waals surface area contributed by atoms with Crippen LogP contribution in [0.25, 0.3) is 0 Å². The van der Waals surface area contributed by atoms with Gasteiger partial charge in [0.2, 0.25) is 6.08 Å². The van der Waals surface area contributed by atoms with Gasteiger partial charge in [-0.05, 0) is 30.5 Å². The van der Waals surface area contributed by atoms with Crippen molar-refractivity contribution >= 4 is 17.7 Å². The van der Waals surface area contributed by atoms with Gasteiger partial charge in [0.15, 0.2) is 0 Å². The average molecular weight is 294 g/mol. The summed E-state index contributed by atoms with van der Waals surface area (Å²) in [6.45, 7) is 4.15. The third-order valence-electron chi connectivity index (χ3n) is 3.93. The van der Waals surface area contributed by atoms with E-state index in [-0.39, 0.29) is 5.41 Å². The summed E-state index contributed by atoms with van der Waals surface area (Å²) in [6.07, 6.45) is 3.39. The zero-order valence-electron chi connectivity index (χ0n) is 11.3. The molecular weight excluding hydrogens is 278 g/mol. The molecule has 0 bridgehead atoms. The summed E-state index contributed by atoms with van der Waals surface area (Å²) >= 11 is 6.26. The highest BCUT2D eigenvalue weighted by atomic mass is 35.5. The van der Waals surface area contributed by atoms with Crippen molar-refractivity contribution < 1.29 is 14.3 Å². The molecule has 1 saturated carbocycles. The van der Waals surface area contributed by atoms with Gasteiger partial charge in [0.05, 0.1) is 30.4 Å². The number of benzene rings is 1. The van der Waals surface area contributed by atoms with E-state index in [1.807, 2.05) is 18.2 Å². The lowest BCUT2D eigenvalue weighted by atomic mass is 9.90. The van der Waals surface area contributed by atoms with Crippen LogP contribution < -0.4 is 4.74 Å². The van der Waals surface area contributed by atoms with Crippen molar-refractivity contribution in [3.63, 3.8) is 0 Å². The summed E-state index contributed by atoms with van der Waals surface area (Å²) in [5.74, 6) is 0.662. The van der Waals surface area contributed by atoms with Crippen molar-refractivity contribution in [1.29, 1.82) is 0 Å². The maximum absolute atomic E-state index is 10.5. The number of aliphatic imine (C=N–C) groups is 1. The largest absolute Gasteiger partial charge is 0.491 e. The molecule has 0 atom stereocenters. The van der Waals surface area contributed by atoms with Crippen molar-refractivity contribution in [1.82, 2.24) is 0 Å². The molecule has 1 aliphatic carbocycles. The van der Waals surface area contributed by atoms with E-state index in [2.05, 4.69) is 11.9 Å². The van der Waals surface area contributed by atoms with Crippen LogP contribution in [0, 0.1) is 5.41 Å². The lowest BCUT2D eigenvalue weighted by Gasteiger charge is -2.37. The molecule has 3 rings (SSSR count). The summed E-state index contributed by atoms with van der Waals surface area (Å²) < 4.78 is 11.0. The summed E-state index contributed by atoms with van der Waals surface area (Å²) in [5.41, 5.74) is 0.649. The van der Waals surface area contributed by atoms with Crippen LogP contribution in [0.3, 0.4) is 0 Å². The number of nitrogens with zero attached hydrogens (tertiary/aromatic N) is 1.